The van der Waals surface area contributed by atoms with Crippen LogP contribution in [0.2, 0.25) is 0 Å². The van der Waals surface area contributed by atoms with Gasteiger partial charge in [0.1, 0.15) is 5.60 Å². The molecule has 0 radical (unpaired) electrons. The number of carbonyl (C=O) groups is 3. The Balaban J connectivity index is 1.54. The first-order chi connectivity index (χ1) is 14.5. The van der Waals surface area contributed by atoms with Gasteiger partial charge in [0, 0.05) is 23.4 Å². The van der Waals surface area contributed by atoms with Gasteiger partial charge in [-0.1, -0.05) is 28.5 Å². The third-order valence-corrected chi connectivity index (χ3v) is 5.52. The SMILES string of the molecule is Cc1cc(C)cc(C(=O)NCC(=O)Nc2nc3c(s2)CN(C(=O)OC(C)(C)C)CC3)c1. The highest BCUT2D eigenvalue weighted by Crippen LogP contribution is 2.29. The van der Waals surface area contributed by atoms with Crippen LogP contribution in [0.25, 0.3) is 0 Å². The fourth-order valence-corrected chi connectivity index (χ4v) is 4.30. The highest BCUT2D eigenvalue weighted by Gasteiger charge is 2.28. The molecule has 2 N–H and O–H groups in total. The zero-order valence-electron chi connectivity index (χ0n) is 18.5. The molecular weight excluding hydrogens is 416 g/mol. The van der Waals surface area contributed by atoms with E-state index in [1.165, 1.54) is 11.3 Å². The van der Waals surface area contributed by atoms with Crippen LogP contribution in [-0.4, -0.2) is 46.5 Å². The minimum absolute atomic E-state index is 0.153. The molecule has 1 aromatic heterocycles. The number of hydrogen-bond donors (Lipinski definition) is 2. The molecule has 31 heavy (non-hydrogen) atoms. The van der Waals surface area contributed by atoms with Gasteiger partial charge in [-0.3, -0.25) is 9.59 Å². The van der Waals surface area contributed by atoms with Crippen molar-refractivity contribution in [3.8, 4) is 0 Å². The molecule has 0 unspecified atom stereocenters. The van der Waals surface area contributed by atoms with Crippen LogP contribution < -0.4 is 10.6 Å². The molecule has 8 nitrogen and oxygen atoms in total. The fraction of sp³-hybridized carbons (Fsp3) is 0.455. The quantitative estimate of drug-likeness (QED) is 0.753. The number of ether oxygens (including phenoxy) is 1. The molecule has 9 heteroatoms. The van der Waals surface area contributed by atoms with Gasteiger partial charge in [-0.15, -0.1) is 0 Å². The third-order valence-electron chi connectivity index (χ3n) is 4.52. The van der Waals surface area contributed by atoms with Crippen molar-refractivity contribution in [1.29, 1.82) is 0 Å². The lowest BCUT2D eigenvalue weighted by atomic mass is 10.1. The lowest BCUT2D eigenvalue weighted by molar-refractivity contribution is -0.115. The van der Waals surface area contributed by atoms with Crippen molar-refractivity contribution in [3.05, 3.63) is 45.5 Å². The molecule has 3 amide bonds. The van der Waals surface area contributed by atoms with Crippen molar-refractivity contribution in [1.82, 2.24) is 15.2 Å². The van der Waals surface area contributed by atoms with Crippen LogP contribution >= 0.6 is 11.3 Å². The molecule has 2 aromatic rings. The Morgan fingerprint density at radius 2 is 1.84 bits per heavy atom. The number of benzene rings is 1. The molecule has 3 rings (SSSR count). The van der Waals surface area contributed by atoms with Gasteiger partial charge in [0.25, 0.3) is 5.91 Å². The van der Waals surface area contributed by atoms with Crippen molar-refractivity contribution < 1.29 is 19.1 Å². The van der Waals surface area contributed by atoms with Crippen molar-refractivity contribution in [2.24, 2.45) is 0 Å². The molecule has 166 valence electrons. The van der Waals surface area contributed by atoms with Gasteiger partial charge >= 0.3 is 6.09 Å². The van der Waals surface area contributed by atoms with E-state index < -0.39 is 5.60 Å². The number of nitrogens with zero attached hydrogens (tertiary/aromatic N) is 2. The van der Waals surface area contributed by atoms with Gasteiger partial charge in [0.2, 0.25) is 5.91 Å². The number of fused-ring (bicyclic) bond motifs is 1. The maximum Gasteiger partial charge on any atom is 0.410 e. The molecule has 0 saturated heterocycles. The summed E-state index contributed by atoms with van der Waals surface area (Å²) in [5, 5.41) is 5.83. The summed E-state index contributed by atoms with van der Waals surface area (Å²) in [6.45, 7) is 10.1. The normalized spacial score (nSPS) is 13.4. The number of carbonyl (C=O) groups excluding carboxylic acids is 3. The zero-order chi connectivity index (χ0) is 22.8. The maximum absolute atomic E-state index is 12.3. The van der Waals surface area contributed by atoms with E-state index in [9.17, 15) is 14.4 Å². The van der Waals surface area contributed by atoms with E-state index in [4.69, 9.17) is 4.74 Å². The van der Waals surface area contributed by atoms with Crippen molar-refractivity contribution in [2.45, 2.75) is 53.2 Å². The minimum atomic E-state index is -0.550. The predicted octanol–water partition coefficient (Wildman–Crippen LogP) is 3.42. The van der Waals surface area contributed by atoms with Crippen LogP contribution in [0.15, 0.2) is 18.2 Å². The molecule has 0 bridgehead atoms. The molecule has 2 heterocycles. The van der Waals surface area contributed by atoms with Crippen LogP contribution in [0.3, 0.4) is 0 Å². The molecule has 1 aromatic carbocycles. The van der Waals surface area contributed by atoms with E-state index in [1.54, 1.807) is 17.0 Å². The van der Waals surface area contributed by atoms with Gasteiger partial charge in [-0.2, -0.15) is 0 Å². The number of aromatic nitrogens is 1. The summed E-state index contributed by atoms with van der Waals surface area (Å²) >= 11 is 1.33. The zero-order valence-corrected chi connectivity index (χ0v) is 19.3. The average molecular weight is 445 g/mol. The van der Waals surface area contributed by atoms with E-state index in [0.717, 1.165) is 21.7 Å². The number of amides is 3. The molecule has 1 aliphatic heterocycles. The Morgan fingerprint density at radius 1 is 1.16 bits per heavy atom. The number of aryl methyl sites for hydroxylation is 2. The smallest absolute Gasteiger partial charge is 0.410 e. The Bertz CT molecular complexity index is 989. The molecule has 0 saturated carbocycles. The summed E-state index contributed by atoms with van der Waals surface area (Å²) in [7, 11) is 0. The van der Waals surface area contributed by atoms with Crippen LogP contribution in [0.4, 0.5) is 9.93 Å². The summed E-state index contributed by atoms with van der Waals surface area (Å²) in [4.78, 5) is 43.9. The molecule has 0 atom stereocenters. The van der Waals surface area contributed by atoms with E-state index in [0.29, 0.717) is 30.2 Å². The first-order valence-electron chi connectivity index (χ1n) is 10.1. The number of thiazole rings is 1. The Labute approximate surface area is 186 Å². The summed E-state index contributed by atoms with van der Waals surface area (Å²) in [5.41, 5.74) is 2.83. The number of anilines is 1. The maximum atomic E-state index is 12.3. The standard InChI is InChI=1S/C22H28N4O4S/c1-13-8-14(2)10-15(9-13)19(28)23-11-18(27)25-20-24-16-6-7-26(12-17(16)31-20)21(29)30-22(3,4)5/h8-10H,6-7,11-12H2,1-5H3,(H,23,28)(H,24,25,27). The fourth-order valence-electron chi connectivity index (χ4n) is 3.26. The molecular formula is C22H28N4O4S. The minimum Gasteiger partial charge on any atom is -0.444 e. The first-order valence-corrected chi connectivity index (χ1v) is 10.9. The average Bonchev–Trinajstić information content (AvgIpc) is 3.05. The van der Waals surface area contributed by atoms with Crippen LogP contribution in [0.1, 0.15) is 52.8 Å². The summed E-state index contributed by atoms with van der Waals surface area (Å²) < 4.78 is 5.43. The van der Waals surface area contributed by atoms with Gasteiger partial charge in [0.15, 0.2) is 5.13 Å². The molecule has 1 aliphatic rings. The van der Waals surface area contributed by atoms with Gasteiger partial charge in [0.05, 0.1) is 18.8 Å². The lowest BCUT2D eigenvalue weighted by Crippen LogP contribution is -2.39. The summed E-state index contributed by atoms with van der Waals surface area (Å²) in [5.74, 6) is -0.652. The Kier molecular flexibility index (Phi) is 6.64. The van der Waals surface area contributed by atoms with Crippen molar-refractivity contribution >= 4 is 34.4 Å². The number of nitrogens with one attached hydrogen (secondary N) is 2. The van der Waals surface area contributed by atoms with Crippen molar-refractivity contribution in [2.75, 3.05) is 18.4 Å². The number of rotatable bonds is 4. The summed E-state index contributed by atoms with van der Waals surface area (Å²) in [6.07, 6.45) is 0.246. The highest BCUT2D eigenvalue weighted by molar-refractivity contribution is 7.15. The lowest BCUT2D eigenvalue weighted by Gasteiger charge is -2.29. The first kappa shape index (κ1) is 22.7. The summed E-state index contributed by atoms with van der Waals surface area (Å²) in [6, 6.07) is 5.55. The topological polar surface area (TPSA) is 101 Å². The third kappa shape index (κ3) is 6.27. The van der Waals surface area contributed by atoms with Crippen LogP contribution in [0.5, 0.6) is 0 Å². The Morgan fingerprint density at radius 3 is 2.48 bits per heavy atom. The van der Waals surface area contributed by atoms with E-state index in [2.05, 4.69) is 15.6 Å². The monoisotopic (exact) mass is 444 g/mol. The van der Waals surface area contributed by atoms with Gasteiger partial charge in [-0.05, 0) is 46.8 Å². The Hall–Kier alpha value is -2.94. The van der Waals surface area contributed by atoms with E-state index in [-0.39, 0.29) is 24.5 Å². The van der Waals surface area contributed by atoms with Crippen molar-refractivity contribution in [3.63, 3.8) is 0 Å². The van der Waals surface area contributed by atoms with E-state index >= 15 is 0 Å². The second kappa shape index (κ2) is 9.05. The molecule has 0 fully saturated rings. The second-order valence-corrected chi connectivity index (χ2v) is 9.73. The van der Waals surface area contributed by atoms with Gasteiger partial charge in [-0.25, -0.2) is 9.78 Å². The largest absolute Gasteiger partial charge is 0.444 e. The second-order valence-electron chi connectivity index (χ2n) is 8.65. The predicted molar refractivity (Wildman–Crippen MR) is 119 cm³/mol. The van der Waals surface area contributed by atoms with Crippen LogP contribution in [-0.2, 0) is 22.5 Å². The highest BCUT2D eigenvalue weighted by atomic mass is 32.1. The van der Waals surface area contributed by atoms with E-state index in [1.807, 2.05) is 40.7 Å². The van der Waals surface area contributed by atoms with Crippen LogP contribution in [0, 0.1) is 13.8 Å². The molecule has 0 aliphatic carbocycles. The molecule has 0 spiro atoms. The number of hydrogen-bond acceptors (Lipinski definition) is 6. The van der Waals surface area contributed by atoms with Gasteiger partial charge < -0.3 is 20.3 Å².